The first-order chi connectivity index (χ1) is 6.48. The van der Waals surface area contributed by atoms with Crippen LogP contribution in [0, 0.1) is 0 Å². The summed E-state index contributed by atoms with van der Waals surface area (Å²) >= 11 is 5.45. The Balaban J connectivity index is 3.79. The Labute approximate surface area is 91.6 Å². The molecular weight excluding hydrogens is 222 g/mol. The highest BCUT2D eigenvalue weighted by Crippen LogP contribution is 1.96. The summed E-state index contributed by atoms with van der Waals surface area (Å²) in [5.41, 5.74) is 1.11. The number of hydrogen-bond acceptors (Lipinski definition) is 2. The fraction of sp³-hybridized carbons (Fsp3) is 0.778. The monoisotopic (exact) mass is 239 g/mol. The number of nitrogens with one attached hydrogen (secondary N) is 1. The van der Waals surface area contributed by atoms with Crippen molar-refractivity contribution in [2.45, 2.75) is 26.7 Å². The van der Waals surface area contributed by atoms with E-state index in [1.54, 1.807) is 0 Å². The van der Waals surface area contributed by atoms with Crippen LogP contribution in [0.4, 0.5) is 0 Å². The fourth-order valence-corrected chi connectivity index (χ4v) is 2.09. The van der Waals surface area contributed by atoms with E-state index in [4.69, 9.17) is 11.6 Å². The molecule has 0 aromatic rings. The van der Waals surface area contributed by atoms with Crippen LogP contribution in [0.3, 0.4) is 0 Å². The first kappa shape index (κ1) is 13.9. The molecular formula is C9H18ClNO2S. The zero-order valence-corrected chi connectivity index (χ0v) is 10.3. The van der Waals surface area contributed by atoms with Crippen LogP contribution in [-0.4, -0.2) is 26.6 Å². The first-order valence-electron chi connectivity index (χ1n) is 4.64. The highest BCUT2D eigenvalue weighted by atomic mass is 35.5. The van der Waals surface area contributed by atoms with Gasteiger partial charge in [-0.1, -0.05) is 11.6 Å². The number of unbranched alkanes of at least 4 members (excludes halogenated alkanes) is 1. The SMILES string of the molecule is CC(C)=CCNS(=O)(=O)CCCCCl. The smallest absolute Gasteiger partial charge is 0.211 e. The molecule has 0 spiro atoms. The van der Waals surface area contributed by atoms with Gasteiger partial charge in [0.1, 0.15) is 0 Å². The second-order valence-electron chi connectivity index (χ2n) is 3.34. The normalized spacial score (nSPS) is 11.4. The summed E-state index contributed by atoms with van der Waals surface area (Å²) in [6.45, 7) is 4.25. The van der Waals surface area contributed by atoms with E-state index in [9.17, 15) is 8.42 Å². The molecule has 0 unspecified atom stereocenters. The minimum atomic E-state index is -3.10. The van der Waals surface area contributed by atoms with Crippen LogP contribution in [0.25, 0.3) is 0 Å². The zero-order valence-electron chi connectivity index (χ0n) is 8.72. The average Bonchev–Trinajstić information content (AvgIpc) is 2.03. The minimum absolute atomic E-state index is 0.163. The highest BCUT2D eigenvalue weighted by molar-refractivity contribution is 7.89. The number of hydrogen-bond donors (Lipinski definition) is 1. The molecule has 0 amide bonds. The maximum atomic E-state index is 11.3. The topological polar surface area (TPSA) is 46.2 Å². The largest absolute Gasteiger partial charge is 0.212 e. The third-order valence-corrected chi connectivity index (χ3v) is 3.31. The van der Waals surface area contributed by atoms with Crippen molar-refractivity contribution in [2.24, 2.45) is 0 Å². The van der Waals surface area contributed by atoms with E-state index in [2.05, 4.69) is 4.72 Å². The van der Waals surface area contributed by atoms with Crippen LogP contribution in [-0.2, 0) is 10.0 Å². The molecule has 0 aliphatic rings. The van der Waals surface area contributed by atoms with Crippen molar-refractivity contribution < 1.29 is 8.42 Å². The quantitative estimate of drug-likeness (QED) is 0.419. The van der Waals surface area contributed by atoms with Crippen LogP contribution in [0.1, 0.15) is 26.7 Å². The Hall–Kier alpha value is -0.0600. The minimum Gasteiger partial charge on any atom is -0.212 e. The Kier molecular flexibility index (Phi) is 7.23. The van der Waals surface area contributed by atoms with Crippen LogP contribution in [0.15, 0.2) is 11.6 Å². The van der Waals surface area contributed by atoms with E-state index in [1.165, 1.54) is 0 Å². The van der Waals surface area contributed by atoms with E-state index in [0.29, 0.717) is 18.8 Å². The lowest BCUT2D eigenvalue weighted by molar-refractivity contribution is 0.582. The van der Waals surface area contributed by atoms with Crippen molar-refractivity contribution in [3.05, 3.63) is 11.6 Å². The fourth-order valence-electron chi connectivity index (χ4n) is 0.831. The lowest BCUT2D eigenvalue weighted by atomic mass is 10.3. The van der Waals surface area contributed by atoms with Gasteiger partial charge in [0.05, 0.1) is 5.75 Å². The zero-order chi connectivity index (χ0) is 11.0. The average molecular weight is 240 g/mol. The van der Waals surface area contributed by atoms with Gasteiger partial charge < -0.3 is 0 Å². The van der Waals surface area contributed by atoms with Gasteiger partial charge in [0.15, 0.2) is 0 Å². The van der Waals surface area contributed by atoms with Gasteiger partial charge in [-0.05, 0) is 26.7 Å². The highest BCUT2D eigenvalue weighted by Gasteiger charge is 2.07. The van der Waals surface area contributed by atoms with E-state index in [-0.39, 0.29) is 5.75 Å². The Morgan fingerprint density at radius 2 is 2.00 bits per heavy atom. The second kappa shape index (κ2) is 7.26. The van der Waals surface area contributed by atoms with Gasteiger partial charge in [0.25, 0.3) is 0 Å². The molecule has 1 N–H and O–H groups in total. The molecule has 0 aromatic carbocycles. The number of alkyl halides is 1. The number of rotatable bonds is 7. The standard InChI is InChI=1S/C9H18ClNO2S/c1-9(2)5-7-11-14(12,13)8-4-3-6-10/h5,11H,3-4,6-8H2,1-2H3. The molecule has 0 saturated heterocycles. The third-order valence-electron chi connectivity index (χ3n) is 1.61. The van der Waals surface area contributed by atoms with Crippen LogP contribution < -0.4 is 4.72 Å². The summed E-state index contributed by atoms with van der Waals surface area (Å²) in [5, 5.41) is 0. The predicted molar refractivity (Wildman–Crippen MR) is 61.2 cm³/mol. The van der Waals surface area contributed by atoms with E-state index in [0.717, 1.165) is 12.0 Å². The van der Waals surface area contributed by atoms with E-state index < -0.39 is 10.0 Å². The van der Waals surface area contributed by atoms with E-state index >= 15 is 0 Å². The van der Waals surface area contributed by atoms with Gasteiger partial charge in [0, 0.05) is 12.4 Å². The summed E-state index contributed by atoms with van der Waals surface area (Å²) in [6.07, 6.45) is 3.21. The Morgan fingerprint density at radius 1 is 1.36 bits per heavy atom. The summed E-state index contributed by atoms with van der Waals surface area (Å²) in [7, 11) is -3.10. The molecule has 84 valence electrons. The van der Waals surface area contributed by atoms with Gasteiger partial charge in [-0.2, -0.15) is 0 Å². The molecule has 5 heteroatoms. The molecule has 0 rings (SSSR count). The Morgan fingerprint density at radius 3 is 2.50 bits per heavy atom. The van der Waals surface area contributed by atoms with Crippen LogP contribution in [0.2, 0.25) is 0 Å². The predicted octanol–water partition coefficient (Wildman–Crippen LogP) is 1.89. The molecule has 14 heavy (non-hydrogen) atoms. The summed E-state index contributed by atoms with van der Waals surface area (Å²) in [5.74, 6) is 0.680. The molecule has 0 aliphatic heterocycles. The van der Waals surface area contributed by atoms with Crippen molar-refractivity contribution >= 4 is 21.6 Å². The lowest BCUT2D eigenvalue weighted by Gasteiger charge is -2.03. The summed E-state index contributed by atoms with van der Waals surface area (Å²) < 4.78 is 25.1. The van der Waals surface area contributed by atoms with Crippen LogP contribution in [0.5, 0.6) is 0 Å². The number of sulfonamides is 1. The molecule has 0 aromatic heterocycles. The molecule has 0 saturated carbocycles. The van der Waals surface area contributed by atoms with Gasteiger partial charge in [0.2, 0.25) is 10.0 Å². The molecule has 0 fully saturated rings. The van der Waals surface area contributed by atoms with Crippen molar-refractivity contribution in [1.82, 2.24) is 4.72 Å². The number of allylic oxidation sites excluding steroid dienone is 1. The molecule has 0 atom stereocenters. The van der Waals surface area contributed by atoms with Gasteiger partial charge in [-0.25, -0.2) is 13.1 Å². The van der Waals surface area contributed by atoms with Crippen molar-refractivity contribution in [1.29, 1.82) is 0 Å². The third kappa shape index (κ3) is 8.53. The summed E-state index contributed by atoms with van der Waals surface area (Å²) in [6, 6.07) is 0. The molecule has 3 nitrogen and oxygen atoms in total. The Bertz CT molecular complexity index is 269. The second-order valence-corrected chi connectivity index (χ2v) is 5.65. The van der Waals surface area contributed by atoms with Crippen molar-refractivity contribution in [3.8, 4) is 0 Å². The van der Waals surface area contributed by atoms with Gasteiger partial charge >= 0.3 is 0 Å². The molecule has 0 bridgehead atoms. The maximum Gasteiger partial charge on any atom is 0.211 e. The van der Waals surface area contributed by atoms with Crippen LogP contribution >= 0.6 is 11.6 Å². The lowest BCUT2D eigenvalue weighted by Crippen LogP contribution is -2.26. The van der Waals surface area contributed by atoms with E-state index in [1.807, 2.05) is 19.9 Å². The molecule has 0 aliphatic carbocycles. The van der Waals surface area contributed by atoms with Crippen molar-refractivity contribution in [3.63, 3.8) is 0 Å². The van der Waals surface area contributed by atoms with Gasteiger partial charge in [-0.15, -0.1) is 11.6 Å². The first-order valence-corrected chi connectivity index (χ1v) is 6.83. The molecule has 0 radical (unpaired) electrons. The summed E-state index contributed by atoms with van der Waals surface area (Å²) in [4.78, 5) is 0. The van der Waals surface area contributed by atoms with Crippen molar-refractivity contribution in [2.75, 3.05) is 18.2 Å². The number of halogens is 1. The maximum absolute atomic E-state index is 11.3. The van der Waals surface area contributed by atoms with Gasteiger partial charge in [-0.3, -0.25) is 0 Å². The molecule has 0 heterocycles.